The van der Waals surface area contributed by atoms with Crippen molar-refractivity contribution >= 4 is 16.5 Å². The van der Waals surface area contributed by atoms with Gasteiger partial charge in [-0.05, 0) is 32.0 Å². The maximum absolute atomic E-state index is 12.2. The molecule has 0 unspecified atom stereocenters. The van der Waals surface area contributed by atoms with Crippen LogP contribution in [0.4, 0.5) is 5.13 Å². The fourth-order valence-corrected chi connectivity index (χ4v) is 4.23. The molecule has 3 aromatic heterocycles. The molecule has 7 nitrogen and oxygen atoms in total. The number of piperazine rings is 1. The Hall–Kier alpha value is -2.58. The summed E-state index contributed by atoms with van der Waals surface area (Å²) in [7, 11) is 0. The predicted octanol–water partition coefficient (Wildman–Crippen LogP) is 2.20. The van der Waals surface area contributed by atoms with Crippen LogP contribution in [0.2, 0.25) is 0 Å². The zero-order valence-electron chi connectivity index (χ0n) is 16.2. The average Bonchev–Trinajstić information content (AvgIpc) is 3.07. The minimum absolute atomic E-state index is 0.0694. The molecule has 0 saturated carbocycles. The van der Waals surface area contributed by atoms with E-state index in [0.717, 1.165) is 54.8 Å². The zero-order valence-corrected chi connectivity index (χ0v) is 17.0. The third-order valence-corrected chi connectivity index (χ3v) is 6.25. The Bertz CT molecular complexity index is 972. The van der Waals surface area contributed by atoms with E-state index in [1.54, 1.807) is 40.5 Å². The average molecular weight is 397 g/mol. The lowest BCUT2D eigenvalue weighted by Crippen LogP contribution is -2.47. The van der Waals surface area contributed by atoms with Crippen LogP contribution in [0.5, 0.6) is 0 Å². The van der Waals surface area contributed by atoms with Crippen LogP contribution in [-0.4, -0.2) is 57.4 Å². The SMILES string of the molecule is Cc1nc(N2CCN(CCn3nc(-c4cccnc4)ccc3=O)CC2)sc1C. The van der Waals surface area contributed by atoms with Crippen molar-refractivity contribution in [1.29, 1.82) is 0 Å². The first-order valence-electron chi connectivity index (χ1n) is 9.50. The first-order valence-corrected chi connectivity index (χ1v) is 10.3. The van der Waals surface area contributed by atoms with E-state index in [2.05, 4.69) is 38.7 Å². The van der Waals surface area contributed by atoms with E-state index in [-0.39, 0.29) is 5.56 Å². The Balaban J connectivity index is 1.36. The number of aromatic nitrogens is 4. The first-order chi connectivity index (χ1) is 13.6. The fraction of sp³-hybridized carbons (Fsp3) is 0.400. The summed E-state index contributed by atoms with van der Waals surface area (Å²) in [5.41, 5.74) is 2.74. The summed E-state index contributed by atoms with van der Waals surface area (Å²) in [4.78, 5) is 27.0. The highest BCUT2D eigenvalue weighted by Gasteiger charge is 2.20. The lowest BCUT2D eigenvalue weighted by atomic mass is 10.2. The van der Waals surface area contributed by atoms with Gasteiger partial charge in [-0.15, -0.1) is 11.3 Å². The number of aryl methyl sites for hydroxylation is 2. The molecule has 0 radical (unpaired) electrons. The van der Waals surface area contributed by atoms with Crippen LogP contribution in [0, 0.1) is 13.8 Å². The molecule has 0 spiro atoms. The quantitative estimate of drug-likeness (QED) is 0.659. The van der Waals surface area contributed by atoms with Crippen molar-refractivity contribution in [3.63, 3.8) is 0 Å². The Kier molecular flexibility index (Phi) is 5.50. The Labute approximate surface area is 168 Å². The zero-order chi connectivity index (χ0) is 19.5. The predicted molar refractivity (Wildman–Crippen MR) is 112 cm³/mol. The number of pyridine rings is 1. The van der Waals surface area contributed by atoms with Crippen LogP contribution in [0.15, 0.2) is 41.5 Å². The molecule has 8 heteroatoms. The highest BCUT2D eigenvalue weighted by atomic mass is 32.1. The van der Waals surface area contributed by atoms with Gasteiger partial charge in [-0.3, -0.25) is 14.7 Å². The number of thiazole rings is 1. The summed E-state index contributed by atoms with van der Waals surface area (Å²) in [5, 5.41) is 5.64. The molecule has 0 N–H and O–H groups in total. The van der Waals surface area contributed by atoms with Crippen LogP contribution in [0.1, 0.15) is 10.6 Å². The van der Waals surface area contributed by atoms with Crippen LogP contribution in [0.25, 0.3) is 11.3 Å². The first kappa shape index (κ1) is 18.8. The Morgan fingerprint density at radius 2 is 1.89 bits per heavy atom. The van der Waals surface area contributed by atoms with Crippen molar-refractivity contribution < 1.29 is 0 Å². The molecule has 0 aromatic carbocycles. The third kappa shape index (κ3) is 4.13. The maximum atomic E-state index is 12.2. The van der Waals surface area contributed by atoms with Crippen LogP contribution >= 0.6 is 11.3 Å². The van der Waals surface area contributed by atoms with Gasteiger partial charge in [0.1, 0.15) is 0 Å². The van der Waals surface area contributed by atoms with E-state index in [9.17, 15) is 4.79 Å². The molecule has 4 rings (SSSR count). The maximum Gasteiger partial charge on any atom is 0.266 e. The third-order valence-electron chi connectivity index (χ3n) is 5.11. The van der Waals surface area contributed by atoms with Gasteiger partial charge in [-0.25, -0.2) is 9.67 Å². The highest BCUT2D eigenvalue weighted by molar-refractivity contribution is 7.15. The number of hydrogen-bond donors (Lipinski definition) is 0. The lowest BCUT2D eigenvalue weighted by Gasteiger charge is -2.34. The van der Waals surface area contributed by atoms with Crippen molar-refractivity contribution in [2.45, 2.75) is 20.4 Å². The van der Waals surface area contributed by atoms with E-state index < -0.39 is 0 Å². The molecule has 1 saturated heterocycles. The van der Waals surface area contributed by atoms with E-state index in [0.29, 0.717) is 6.54 Å². The van der Waals surface area contributed by atoms with Crippen LogP contribution < -0.4 is 10.5 Å². The summed E-state index contributed by atoms with van der Waals surface area (Å²) >= 11 is 1.77. The van der Waals surface area contributed by atoms with Gasteiger partial charge in [0.2, 0.25) is 0 Å². The molecular formula is C20H24N6OS. The largest absolute Gasteiger partial charge is 0.346 e. The molecule has 1 fully saturated rings. The minimum Gasteiger partial charge on any atom is -0.346 e. The van der Waals surface area contributed by atoms with E-state index in [4.69, 9.17) is 0 Å². The molecule has 4 heterocycles. The van der Waals surface area contributed by atoms with E-state index in [1.807, 2.05) is 12.1 Å². The van der Waals surface area contributed by atoms with Crippen molar-refractivity contribution in [2.24, 2.45) is 0 Å². The summed E-state index contributed by atoms with van der Waals surface area (Å²) in [5.74, 6) is 0. The smallest absolute Gasteiger partial charge is 0.266 e. The van der Waals surface area contributed by atoms with Gasteiger partial charge < -0.3 is 4.90 Å². The van der Waals surface area contributed by atoms with Crippen LogP contribution in [0.3, 0.4) is 0 Å². The molecule has 3 aromatic rings. The normalized spacial score (nSPS) is 15.1. The van der Waals surface area contributed by atoms with E-state index >= 15 is 0 Å². The topological polar surface area (TPSA) is 67.2 Å². The molecule has 1 aliphatic rings. The summed E-state index contributed by atoms with van der Waals surface area (Å²) in [6.07, 6.45) is 3.49. The van der Waals surface area contributed by atoms with Gasteiger partial charge in [0.15, 0.2) is 5.13 Å². The summed E-state index contributed by atoms with van der Waals surface area (Å²) < 4.78 is 1.56. The van der Waals surface area contributed by atoms with Gasteiger partial charge in [-0.1, -0.05) is 0 Å². The minimum atomic E-state index is -0.0694. The van der Waals surface area contributed by atoms with Crippen molar-refractivity contribution in [3.8, 4) is 11.3 Å². The van der Waals surface area contributed by atoms with E-state index in [1.165, 1.54) is 4.88 Å². The second-order valence-corrected chi connectivity index (χ2v) is 8.17. The standard InChI is InChI=1S/C20H24N6OS/c1-15-16(2)28-20(22-15)25-11-8-24(9-12-25)10-13-26-19(27)6-5-18(23-26)17-4-3-7-21-14-17/h3-7,14H,8-13H2,1-2H3. The molecule has 0 atom stereocenters. The molecule has 0 aliphatic carbocycles. The number of hydrogen-bond acceptors (Lipinski definition) is 7. The second-order valence-electron chi connectivity index (χ2n) is 6.99. The van der Waals surface area contributed by atoms with Crippen molar-refractivity contribution in [2.75, 3.05) is 37.6 Å². The van der Waals surface area contributed by atoms with Gasteiger partial charge in [0, 0.05) is 61.6 Å². The van der Waals surface area contributed by atoms with Crippen LogP contribution in [-0.2, 0) is 6.54 Å². The lowest BCUT2D eigenvalue weighted by molar-refractivity contribution is 0.243. The van der Waals surface area contributed by atoms with Gasteiger partial charge in [0.05, 0.1) is 17.9 Å². The molecule has 146 valence electrons. The Morgan fingerprint density at radius 1 is 1.07 bits per heavy atom. The van der Waals surface area contributed by atoms with Crippen molar-refractivity contribution in [1.82, 2.24) is 24.6 Å². The number of anilines is 1. The van der Waals surface area contributed by atoms with Gasteiger partial charge in [-0.2, -0.15) is 5.10 Å². The summed E-state index contributed by atoms with van der Waals surface area (Å²) in [6, 6.07) is 7.16. The van der Waals surface area contributed by atoms with Crippen molar-refractivity contribution in [3.05, 3.63) is 57.6 Å². The Morgan fingerprint density at radius 3 is 2.57 bits per heavy atom. The fourth-order valence-electron chi connectivity index (χ4n) is 3.27. The molecule has 0 bridgehead atoms. The molecule has 0 amide bonds. The second kappa shape index (κ2) is 8.20. The molecule has 1 aliphatic heterocycles. The highest BCUT2D eigenvalue weighted by Crippen LogP contribution is 2.25. The molecular weight excluding hydrogens is 372 g/mol. The van der Waals surface area contributed by atoms with Gasteiger partial charge in [0.25, 0.3) is 5.56 Å². The summed E-state index contributed by atoms with van der Waals surface area (Å²) in [6.45, 7) is 9.45. The number of rotatable bonds is 5. The monoisotopic (exact) mass is 396 g/mol. The van der Waals surface area contributed by atoms with Gasteiger partial charge >= 0.3 is 0 Å². The number of nitrogens with zero attached hydrogens (tertiary/aromatic N) is 6. The molecule has 28 heavy (non-hydrogen) atoms.